The maximum atomic E-state index is 12.8. The van der Waals surface area contributed by atoms with Crippen LogP contribution in [-0.2, 0) is 15.6 Å². The Morgan fingerprint density at radius 1 is 1.00 bits per heavy atom. The van der Waals surface area contributed by atoms with Gasteiger partial charge < -0.3 is 15.3 Å². The third-order valence-corrected chi connectivity index (χ3v) is 9.12. The molecule has 1 aliphatic rings. The SMILES string of the molecule is C=C(/C=C/C(=C/C=C1/N(C)c2ccccc2C1(C)C)c1ccc(C(=O)NCCCCCC(=O)O)cn1)C(C)(C)c1ccccc1C. The number of carboxylic acids is 1. The third kappa shape index (κ3) is 7.74. The predicted octanol–water partition coefficient (Wildman–Crippen LogP) is 8.55. The number of fused-ring (bicyclic) bond motifs is 1. The van der Waals surface area contributed by atoms with Crippen molar-refractivity contribution < 1.29 is 14.7 Å². The molecule has 0 spiro atoms. The Morgan fingerprint density at radius 2 is 1.72 bits per heavy atom. The summed E-state index contributed by atoms with van der Waals surface area (Å²) in [4.78, 5) is 30.4. The molecule has 240 valence electrons. The van der Waals surface area contributed by atoms with E-state index in [0.717, 1.165) is 29.7 Å². The van der Waals surface area contributed by atoms with Crippen LogP contribution in [0.5, 0.6) is 0 Å². The molecule has 4 rings (SSSR count). The van der Waals surface area contributed by atoms with E-state index in [1.807, 2.05) is 6.07 Å². The molecular weight excluding hydrogens is 570 g/mol. The first kappa shape index (κ1) is 34.2. The number of para-hydroxylation sites is 1. The van der Waals surface area contributed by atoms with Crippen LogP contribution in [0.2, 0.25) is 0 Å². The summed E-state index contributed by atoms with van der Waals surface area (Å²) in [5.74, 6) is -0.987. The van der Waals surface area contributed by atoms with Gasteiger partial charge in [-0.15, -0.1) is 0 Å². The van der Waals surface area contributed by atoms with Gasteiger partial charge in [0.1, 0.15) is 0 Å². The molecule has 0 saturated carbocycles. The van der Waals surface area contributed by atoms with E-state index in [2.05, 4.69) is 131 Å². The van der Waals surface area contributed by atoms with Crippen molar-refractivity contribution in [1.82, 2.24) is 10.3 Å². The highest BCUT2D eigenvalue weighted by molar-refractivity contribution is 5.94. The number of hydrogen-bond donors (Lipinski definition) is 2. The number of likely N-dealkylation sites (N-methyl/N-ethyl adjacent to an activating group) is 1. The molecule has 1 aliphatic heterocycles. The lowest BCUT2D eigenvalue weighted by molar-refractivity contribution is -0.137. The first-order valence-electron chi connectivity index (χ1n) is 16.0. The molecule has 0 atom stereocenters. The fourth-order valence-corrected chi connectivity index (χ4v) is 6.12. The molecule has 0 unspecified atom stereocenters. The first-order chi connectivity index (χ1) is 21.8. The van der Waals surface area contributed by atoms with Crippen LogP contribution in [0.4, 0.5) is 5.69 Å². The summed E-state index contributed by atoms with van der Waals surface area (Å²) < 4.78 is 0. The number of pyridine rings is 1. The Morgan fingerprint density at radius 3 is 2.39 bits per heavy atom. The maximum Gasteiger partial charge on any atom is 0.303 e. The number of aliphatic carboxylic acids is 1. The summed E-state index contributed by atoms with van der Waals surface area (Å²) in [6, 6.07) is 20.6. The van der Waals surface area contributed by atoms with Crippen LogP contribution in [0.1, 0.15) is 86.1 Å². The maximum absolute atomic E-state index is 12.8. The Bertz CT molecular complexity index is 1680. The quantitative estimate of drug-likeness (QED) is 0.148. The molecule has 0 aliphatic carbocycles. The number of amides is 1. The molecule has 3 aromatic rings. The van der Waals surface area contributed by atoms with Crippen LogP contribution in [0.15, 0.2) is 109 Å². The molecule has 2 N–H and O–H groups in total. The van der Waals surface area contributed by atoms with Gasteiger partial charge in [-0.05, 0) is 66.3 Å². The summed E-state index contributed by atoms with van der Waals surface area (Å²) in [6.07, 6.45) is 12.3. The summed E-state index contributed by atoms with van der Waals surface area (Å²) in [6.45, 7) is 16.0. The van der Waals surface area contributed by atoms with Gasteiger partial charge in [-0.3, -0.25) is 14.6 Å². The number of nitrogens with one attached hydrogen (secondary N) is 1. The highest BCUT2D eigenvalue weighted by atomic mass is 16.4. The number of aryl methyl sites for hydroxylation is 1. The molecule has 0 fully saturated rings. The second-order valence-electron chi connectivity index (χ2n) is 13.1. The molecule has 6 heteroatoms. The van der Waals surface area contributed by atoms with Crippen LogP contribution in [0.3, 0.4) is 0 Å². The van der Waals surface area contributed by atoms with Crippen molar-refractivity contribution in [3.8, 4) is 0 Å². The Balaban J connectivity index is 1.61. The van der Waals surface area contributed by atoms with E-state index >= 15 is 0 Å². The standard InChI is InChI=1S/C40H47N3O3/c1-28-15-10-11-16-32(28)39(3,4)29(2)20-21-30(23-25-36-40(5,6)33-17-12-13-18-35(33)43(36)7)34-24-22-31(27-42-34)38(46)41-26-14-8-9-19-37(44)45/h10-13,15-18,20-25,27H,2,8-9,14,19,26H2,1,3-7H3,(H,41,46)(H,44,45)/b21-20+,30-23-,36-25+. The minimum atomic E-state index is -0.793. The first-order valence-corrected chi connectivity index (χ1v) is 16.0. The number of carbonyl (C=O) groups excluding carboxylic acids is 1. The molecule has 2 aromatic carbocycles. The normalized spacial score (nSPS) is 15.3. The topological polar surface area (TPSA) is 82.5 Å². The molecule has 46 heavy (non-hydrogen) atoms. The molecule has 1 aromatic heterocycles. The number of carbonyl (C=O) groups is 2. The molecule has 0 radical (unpaired) electrons. The third-order valence-electron chi connectivity index (χ3n) is 9.12. The Kier molecular flexibility index (Phi) is 10.8. The van der Waals surface area contributed by atoms with Crippen molar-refractivity contribution in [2.24, 2.45) is 0 Å². The highest BCUT2D eigenvalue weighted by Gasteiger charge is 2.37. The Labute approximate surface area is 274 Å². The van der Waals surface area contributed by atoms with Crippen LogP contribution in [-0.4, -0.2) is 35.6 Å². The van der Waals surface area contributed by atoms with Crippen molar-refractivity contribution in [3.63, 3.8) is 0 Å². The van der Waals surface area contributed by atoms with Crippen molar-refractivity contribution in [3.05, 3.63) is 137 Å². The van der Waals surface area contributed by atoms with Gasteiger partial charge in [0, 0.05) is 54.0 Å². The van der Waals surface area contributed by atoms with E-state index < -0.39 is 5.97 Å². The average molecular weight is 618 g/mol. The van der Waals surface area contributed by atoms with Gasteiger partial charge in [-0.1, -0.05) is 101 Å². The zero-order valence-electron chi connectivity index (χ0n) is 28.1. The molecule has 6 nitrogen and oxygen atoms in total. The minimum absolute atomic E-state index is 0.151. The minimum Gasteiger partial charge on any atom is -0.481 e. The largest absolute Gasteiger partial charge is 0.481 e. The number of nitrogens with zero attached hydrogens (tertiary/aromatic N) is 2. The molecule has 0 bridgehead atoms. The zero-order valence-corrected chi connectivity index (χ0v) is 28.1. The van der Waals surface area contributed by atoms with Gasteiger partial charge >= 0.3 is 5.97 Å². The van der Waals surface area contributed by atoms with E-state index in [4.69, 9.17) is 10.1 Å². The van der Waals surface area contributed by atoms with E-state index in [1.165, 1.54) is 28.1 Å². The van der Waals surface area contributed by atoms with Gasteiger partial charge in [0.05, 0.1) is 11.3 Å². The van der Waals surface area contributed by atoms with Crippen molar-refractivity contribution >= 4 is 23.1 Å². The highest BCUT2D eigenvalue weighted by Crippen LogP contribution is 2.46. The zero-order chi connectivity index (χ0) is 33.5. The second kappa shape index (κ2) is 14.6. The lowest BCUT2D eigenvalue weighted by Gasteiger charge is -2.28. The van der Waals surface area contributed by atoms with Crippen molar-refractivity contribution in [1.29, 1.82) is 0 Å². The number of hydrogen-bond acceptors (Lipinski definition) is 4. The summed E-state index contributed by atoms with van der Waals surface area (Å²) >= 11 is 0. The van der Waals surface area contributed by atoms with Gasteiger partial charge in [-0.2, -0.15) is 0 Å². The second-order valence-corrected chi connectivity index (χ2v) is 13.1. The van der Waals surface area contributed by atoms with E-state index in [-0.39, 0.29) is 23.2 Å². The molecule has 2 heterocycles. The number of anilines is 1. The molecule has 1 amide bonds. The van der Waals surface area contributed by atoms with Gasteiger partial charge in [0.25, 0.3) is 5.91 Å². The average Bonchev–Trinajstić information content (AvgIpc) is 3.22. The molecular formula is C40H47N3O3. The Hall–Kier alpha value is -4.71. The number of unbranched alkanes of at least 4 members (excludes halogenated alkanes) is 2. The number of allylic oxidation sites excluding steroid dienone is 7. The van der Waals surface area contributed by atoms with Crippen molar-refractivity contribution in [2.45, 2.75) is 71.1 Å². The van der Waals surface area contributed by atoms with Crippen LogP contribution >= 0.6 is 0 Å². The fourth-order valence-electron chi connectivity index (χ4n) is 6.12. The van der Waals surface area contributed by atoms with E-state index in [9.17, 15) is 9.59 Å². The smallest absolute Gasteiger partial charge is 0.303 e. The lowest BCUT2D eigenvalue weighted by atomic mass is 9.76. The fraction of sp³-hybridized carbons (Fsp3) is 0.325. The lowest BCUT2D eigenvalue weighted by Crippen LogP contribution is -2.24. The van der Waals surface area contributed by atoms with E-state index in [0.29, 0.717) is 18.5 Å². The van der Waals surface area contributed by atoms with Gasteiger partial charge in [-0.25, -0.2) is 0 Å². The van der Waals surface area contributed by atoms with Gasteiger partial charge in [0.15, 0.2) is 0 Å². The van der Waals surface area contributed by atoms with Gasteiger partial charge in [0.2, 0.25) is 0 Å². The number of carboxylic acid groups (broad SMARTS) is 1. The predicted molar refractivity (Wildman–Crippen MR) is 189 cm³/mol. The molecule has 0 saturated heterocycles. The van der Waals surface area contributed by atoms with E-state index in [1.54, 1.807) is 12.3 Å². The summed E-state index contributed by atoms with van der Waals surface area (Å²) in [5.41, 5.74) is 8.79. The number of rotatable bonds is 13. The summed E-state index contributed by atoms with van der Waals surface area (Å²) in [5, 5.41) is 11.7. The number of benzene rings is 2. The monoisotopic (exact) mass is 617 g/mol. The van der Waals surface area contributed by atoms with Crippen molar-refractivity contribution in [2.75, 3.05) is 18.5 Å². The summed E-state index contributed by atoms with van der Waals surface area (Å²) in [7, 11) is 2.10. The van der Waals surface area contributed by atoms with Crippen LogP contribution in [0, 0.1) is 6.92 Å². The van der Waals surface area contributed by atoms with Crippen LogP contribution < -0.4 is 10.2 Å². The number of aromatic nitrogens is 1. The van der Waals surface area contributed by atoms with Crippen LogP contribution in [0.25, 0.3) is 5.57 Å².